The van der Waals surface area contributed by atoms with Crippen molar-refractivity contribution < 1.29 is 9.59 Å². The molecule has 0 radical (unpaired) electrons. The van der Waals surface area contributed by atoms with Crippen molar-refractivity contribution in [3.63, 3.8) is 0 Å². The quantitative estimate of drug-likeness (QED) is 0.767. The number of fused-ring (bicyclic) bond motifs is 2. The van der Waals surface area contributed by atoms with Crippen molar-refractivity contribution in [3.05, 3.63) is 62.6 Å². The van der Waals surface area contributed by atoms with Crippen LogP contribution in [0.15, 0.2) is 30.3 Å². The highest BCUT2D eigenvalue weighted by Gasteiger charge is 2.33. The maximum Gasteiger partial charge on any atom is 0.196 e. The summed E-state index contributed by atoms with van der Waals surface area (Å²) in [5, 5.41) is 3.75. The maximum absolute atomic E-state index is 12.8. The molecular formula is C18H16Cl2N2O2. The third kappa shape index (κ3) is 2.81. The van der Waals surface area contributed by atoms with Gasteiger partial charge in [0.25, 0.3) is 0 Å². The molecule has 3 rings (SSSR count). The van der Waals surface area contributed by atoms with Crippen LogP contribution < -0.4 is 5.32 Å². The first kappa shape index (κ1) is 17.0. The SMILES string of the molecule is CN(C)CCNc1ccc2c(c1Cl)C(=O)c1cccc(Cl)c1C2=O. The van der Waals surface area contributed by atoms with Gasteiger partial charge in [0.2, 0.25) is 0 Å². The number of likely N-dealkylation sites (N-methyl/N-ethyl adjacent to an activating group) is 1. The number of benzene rings is 2. The fourth-order valence-corrected chi connectivity index (χ4v) is 3.33. The van der Waals surface area contributed by atoms with Gasteiger partial charge in [-0.15, -0.1) is 0 Å². The van der Waals surface area contributed by atoms with E-state index in [9.17, 15) is 9.59 Å². The highest BCUT2D eigenvalue weighted by Crippen LogP contribution is 2.38. The van der Waals surface area contributed by atoms with E-state index >= 15 is 0 Å². The van der Waals surface area contributed by atoms with Gasteiger partial charge in [-0.05, 0) is 32.3 Å². The van der Waals surface area contributed by atoms with E-state index < -0.39 is 0 Å². The van der Waals surface area contributed by atoms with Gasteiger partial charge in [0.1, 0.15) is 0 Å². The standard InChI is InChI=1S/C18H16Cl2N2O2/c1-22(2)9-8-21-13-7-6-11-15(16(13)20)18(24)10-4-3-5-12(19)14(10)17(11)23/h3-7,21H,8-9H2,1-2H3. The van der Waals surface area contributed by atoms with Gasteiger partial charge in [-0.3, -0.25) is 9.59 Å². The molecule has 2 aromatic rings. The Balaban J connectivity index is 2.04. The van der Waals surface area contributed by atoms with E-state index in [-0.39, 0.29) is 32.7 Å². The smallest absolute Gasteiger partial charge is 0.196 e. The lowest BCUT2D eigenvalue weighted by molar-refractivity contribution is 0.0979. The van der Waals surface area contributed by atoms with Crippen LogP contribution in [0.25, 0.3) is 0 Å². The molecule has 0 saturated heterocycles. The highest BCUT2D eigenvalue weighted by atomic mass is 35.5. The molecule has 0 unspecified atom stereocenters. The van der Waals surface area contributed by atoms with E-state index in [2.05, 4.69) is 5.32 Å². The Morgan fingerprint density at radius 3 is 2.33 bits per heavy atom. The lowest BCUT2D eigenvalue weighted by Crippen LogP contribution is -2.23. The van der Waals surface area contributed by atoms with Gasteiger partial charge >= 0.3 is 0 Å². The minimum absolute atomic E-state index is 0.242. The molecule has 0 bridgehead atoms. The molecule has 24 heavy (non-hydrogen) atoms. The summed E-state index contributed by atoms with van der Waals surface area (Å²) in [4.78, 5) is 27.6. The van der Waals surface area contributed by atoms with Gasteiger partial charge in [0, 0.05) is 24.2 Å². The zero-order valence-electron chi connectivity index (χ0n) is 13.3. The van der Waals surface area contributed by atoms with E-state index in [4.69, 9.17) is 23.2 Å². The number of carbonyl (C=O) groups is 2. The molecule has 0 fully saturated rings. The topological polar surface area (TPSA) is 49.4 Å². The lowest BCUT2D eigenvalue weighted by atomic mass is 9.83. The fraction of sp³-hybridized carbons (Fsp3) is 0.222. The zero-order chi connectivity index (χ0) is 17.4. The number of nitrogens with one attached hydrogen (secondary N) is 1. The minimum Gasteiger partial charge on any atom is -0.383 e. The number of halogens is 2. The predicted molar refractivity (Wildman–Crippen MR) is 96.8 cm³/mol. The molecule has 0 heterocycles. The fourth-order valence-electron chi connectivity index (χ4n) is 2.75. The van der Waals surface area contributed by atoms with Gasteiger partial charge < -0.3 is 10.2 Å². The Bertz CT molecular complexity index is 847. The molecule has 0 aromatic heterocycles. The lowest BCUT2D eigenvalue weighted by Gasteiger charge is -2.21. The van der Waals surface area contributed by atoms with Gasteiger partial charge in [0.15, 0.2) is 11.6 Å². The van der Waals surface area contributed by atoms with Crippen molar-refractivity contribution in [3.8, 4) is 0 Å². The van der Waals surface area contributed by atoms with Crippen LogP contribution in [0.1, 0.15) is 31.8 Å². The van der Waals surface area contributed by atoms with Crippen LogP contribution in [0.2, 0.25) is 10.0 Å². The second kappa shape index (κ2) is 6.55. The maximum atomic E-state index is 12.8. The minimum atomic E-state index is -0.275. The van der Waals surface area contributed by atoms with Crippen molar-refractivity contribution >= 4 is 40.5 Å². The van der Waals surface area contributed by atoms with Crippen molar-refractivity contribution in [1.82, 2.24) is 4.90 Å². The van der Waals surface area contributed by atoms with Crippen LogP contribution in [0.4, 0.5) is 5.69 Å². The predicted octanol–water partition coefficient (Wildman–Crippen LogP) is 3.74. The van der Waals surface area contributed by atoms with E-state index in [1.165, 1.54) is 0 Å². The van der Waals surface area contributed by atoms with Crippen LogP contribution in [0.5, 0.6) is 0 Å². The largest absolute Gasteiger partial charge is 0.383 e. The van der Waals surface area contributed by atoms with E-state index in [0.717, 1.165) is 6.54 Å². The molecule has 1 aliphatic carbocycles. The van der Waals surface area contributed by atoms with Crippen molar-refractivity contribution in [1.29, 1.82) is 0 Å². The average Bonchev–Trinajstić information content (AvgIpc) is 2.53. The third-order valence-electron chi connectivity index (χ3n) is 3.97. The molecule has 0 amide bonds. The van der Waals surface area contributed by atoms with Crippen LogP contribution in [0.3, 0.4) is 0 Å². The number of anilines is 1. The van der Waals surface area contributed by atoms with Crippen LogP contribution >= 0.6 is 23.2 Å². The summed E-state index contributed by atoms with van der Waals surface area (Å²) in [6.45, 7) is 1.49. The first-order chi connectivity index (χ1) is 11.4. The second-order valence-corrected chi connectivity index (χ2v) is 6.69. The van der Waals surface area contributed by atoms with Crippen LogP contribution in [-0.2, 0) is 0 Å². The summed E-state index contributed by atoms with van der Waals surface area (Å²) in [6, 6.07) is 8.22. The Kier molecular flexibility index (Phi) is 4.63. The second-order valence-electron chi connectivity index (χ2n) is 5.90. The van der Waals surface area contributed by atoms with Crippen LogP contribution in [0, 0.1) is 0 Å². The van der Waals surface area contributed by atoms with Crippen LogP contribution in [-0.4, -0.2) is 43.7 Å². The summed E-state index contributed by atoms with van der Waals surface area (Å²) in [7, 11) is 3.94. The number of hydrogen-bond acceptors (Lipinski definition) is 4. The summed E-state index contributed by atoms with van der Waals surface area (Å²) in [5.41, 5.74) is 1.73. The first-order valence-corrected chi connectivity index (χ1v) is 8.26. The molecule has 0 saturated carbocycles. The summed E-state index contributed by atoms with van der Waals surface area (Å²) < 4.78 is 0. The molecule has 124 valence electrons. The van der Waals surface area contributed by atoms with Gasteiger partial charge in [-0.2, -0.15) is 0 Å². The molecule has 1 aliphatic rings. The monoisotopic (exact) mass is 362 g/mol. The third-order valence-corrected chi connectivity index (χ3v) is 4.68. The van der Waals surface area contributed by atoms with E-state index in [1.54, 1.807) is 30.3 Å². The van der Waals surface area contributed by atoms with Gasteiger partial charge in [-0.25, -0.2) is 0 Å². The molecule has 2 aromatic carbocycles. The number of nitrogens with zero attached hydrogens (tertiary/aromatic N) is 1. The highest BCUT2D eigenvalue weighted by molar-refractivity contribution is 6.43. The number of carbonyl (C=O) groups excluding carboxylic acids is 2. The normalized spacial score (nSPS) is 13.0. The summed E-state index contributed by atoms with van der Waals surface area (Å²) in [6.07, 6.45) is 0. The van der Waals surface area contributed by atoms with E-state index in [1.807, 2.05) is 19.0 Å². The van der Waals surface area contributed by atoms with Crippen molar-refractivity contribution in [2.45, 2.75) is 0 Å². The zero-order valence-corrected chi connectivity index (χ0v) is 14.8. The van der Waals surface area contributed by atoms with E-state index in [0.29, 0.717) is 23.4 Å². The molecule has 4 nitrogen and oxygen atoms in total. The number of ketones is 2. The number of rotatable bonds is 4. The summed E-state index contributed by atoms with van der Waals surface area (Å²) >= 11 is 12.5. The Hall–Kier alpha value is -1.88. The number of hydrogen-bond donors (Lipinski definition) is 1. The first-order valence-electron chi connectivity index (χ1n) is 7.51. The molecule has 0 aliphatic heterocycles. The summed E-state index contributed by atoms with van der Waals surface area (Å²) in [5.74, 6) is -0.546. The molecule has 1 N–H and O–H groups in total. The van der Waals surface area contributed by atoms with Gasteiger partial charge in [-0.1, -0.05) is 35.3 Å². The Morgan fingerprint density at radius 1 is 0.958 bits per heavy atom. The Labute approximate surface area is 150 Å². The average molecular weight is 363 g/mol. The van der Waals surface area contributed by atoms with Crippen molar-refractivity contribution in [2.24, 2.45) is 0 Å². The molecule has 0 spiro atoms. The van der Waals surface area contributed by atoms with Crippen molar-refractivity contribution in [2.75, 3.05) is 32.5 Å². The molecule has 0 atom stereocenters. The molecule has 6 heteroatoms. The molecular weight excluding hydrogens is 347 g/mol. The van der Waals surface area contributed by atoms with Gasteiger partial charge in [0.05, 0.1) is 26.9 Å². The Morgan fingerprint density at radius 2 is 1.62 bits per heavy atom.